The van der Waals surface area contributed by atoms with Gasteiger partial charge in [0.1, 0.15) is 29.9 Å². The third-order valence-electron chi connectivity index (χ3n) is 5.12. The maximum atomic E-state index is 13.4. The third kappa shape index (κ3) is 6.83. The molecule has 0 fully saturated rings. The second kappa shape index (κ2) is 11.7. The maximum absolute atomic E-state index is 13.4. The lowest BCUT2D eigenvalue weighted by molar-refractivity contribution is -0.139. The van der Waals surface area contributed by atoms with E-state index in [4.69, 9.17) is 9.47 Å². The Morgan fingerprint density at radius 1 is 1.09 bits per heavy atom. The number of methoxy groups -OCH3 is 2. The standard InChI is InChI=1S/C23H30FN3O6S/c1-6-25-23(29)16(2)26(14-17-7-9-18(24)10-8-17)22(28)15-27(34(5,30)31)20-12-11-19(32-3)13-21(20)33-4/h7-13,16H,6,14-15H2,1-5H3,(H,25,29)/t16-/m0/s1. The van der Waals surface area contributed by atoms with Crippen LogP contribution in [0.1, 0.15) is 19.4 Å². The van der Waals surface area contributed by atoms with Crippen LogP contribution in [-0.4, -0.2) is 64.7 Å². The Morgan fingerprint density at radius 3 is 2.26 bits per heavy atom. The number of carbonyl (C=O) groups excluding carboxylic acids is 2. The highest BCUT2D eigenvalue weighted by Gasteiger charge is 2.31. The fraction of sp³-hybridized carbons (Fsp3) is 0.391. The number of ether oxygens (including phenoxy) is 2. The molecule has 0 aromatic heterocycles. The third-order valence-corrected chi connectivity index (χ3v) is 6.25. The number of amides is 2. The molecule has 1 N–H and O–H groups in total. The van der Waals surface area contributed by atoms with Crippen molar-refractivity contribution in [3.63, 3.8) is 0 Å². The van der Waals surface area contributed by atoms with Crippen molar-refractivity contribution >= 4 is 27.5 Å². The van der Waals surface area contributed by atoms with Crippen LogP contribution in [0, 0.1) is 5.82 Å². The van der Waals surface area contributed by atoms with Gasteiger partial charge < -0.3 is 19.7 Å². The van der Waals surface area contributed by atoms with E-state index in [2.05, 4.69) is 5.32 Å². The van der Waals surface area contributed by atoms with Crippen molar-refractivity contribution in [3.8, 4) is 11.5 Å². The first-order chi connectivity index (χ1) is 16.0. The van der Waals surface area contributed by atoms with Crippen molar-refractivity contribution in [1.82, 2.24) is 10.2 Å². The highest BCUT2D eigenvalue weighted by Crippen LogP contribution is 2.33. The number of nitrogens with one attached hydrogen (secondary N) is 1. The van der Waals surface area contributed by atoms with Gasteiger partial charge in [-0.1, -0.05) is 12.1 Å². The summed E-state index contributed by atoms with van der Waals surface area (Å²) >= 11 is 0. The number of halogens is 1. The molecule has 0 spiro atoms. The first kappa shape index (κ1) is 26.9. The van der Waals surface area contributed by atoms with Gasteiger partial charge >= 0.3 is 0 Å². The van der Waals surface area contributed by atoms with E-state index >= 15 is 0 Å². The Bertz CT molecular complexity index is 1110. The Hall–Kier alpha value is -3.34. The average Bonchev–Trinajstić information content (AvgIpc) is 2.80. The molecular formula is C23H30FN3O6S. The van der Waals surface area contributed by atoms with Gasteiger partial charge in [-0.2, -0.15) is 0 Å². The molecule has 2 rings (SSSR count). The maximum Gasteiger partial charge on any atom is 0.244 e. The van der Waals surface area contributed by atoms with Gasteiger partial charge in [-0.15, -0.1) is 0 Å². The zero-order chi connectivity index (χ0) is 25.5. The van der Waals surface area contributed by atoms with E-state index in [9.17, 15) is 22.4 Å². The summed E-state index contributed by atoms with van der Waals surface area (Å²) in [6.45, 7) is 3.06. The highest BCUT2D eigenvalue weighted by atomic mass is 32.2. The van der Waals surface area contributed by atoms with Crippen molar-refractivity contribution in [2.45, 2.75) is 26.4 Å². The number of hydrogen-bond acceptors (Lipinski definition) is 6. The predicted octanol–water partition coefficient (Wildman–Crippen LogP) is 2.16. The lowest BCUT2D eigenvalue weighted by Crippen LogP contribution is -2.51. The van der Waals surface area contributed by atoms with Crippen LogP contribution in [0.4, 0.5) is 10.1 Å². The summed E-state index contributed by atoms with van der Waals surface area (Å²) in [7, 11) is -1.08. The molecule has 0 heterocycles. The van der Waals surface area contributed by atoms with Crippen LogP contribution in [0.2, 0.25) is 0 Å². The molecule has 0 saturated heterocycles. The van der Waals surface area contributed by atoms with E-state index < -0.39 is 40.2 Å². The number of nitrogens with zero attached hydrogens (tertiary/aromatic N) is 2. The quantitative estimate of drug-likeness (QED) is 0.512. The van der Waals surface area contributed by atoms with Gasteiger partial charge in [0, 0.05) is 19.2 Å². The summed E-state index contributed by atoms with van der Waals surface area (Å²) in [5, 5.41) is 2.66. The second-order valence-corrected chi connectivity index (χ2v) is 9.43. The number of likely N-dealkylation sites (N-methyl/N-ethyl adjacent to an activating group) is 1. The molecule has 0 unspecified atom stereocenters. The Balaban J connectivity index is 2.44. The van der Waals surface area contributed by atoms with E-state index in [0.29, 0.717) is 17.9 Å². The number of benzene rings is 2. The molecule has 1 atom stereocenters. The fourth-order valence-electron chi connectivity index (χ4n) is 3.28. The topological polar surface area (TPSA) is 105 Å². The molecule has 34 heavy (non-hydrogen) atoms. The Kier molecular flexibility index (Phi) is 9.25. The monoisotopic (exact) mass is 495 g/mol. The molecule has 9 nitrogen and oxygen atoms in total. The second-order valence-electron chi connectivity index (χ2n) is 7.53. The van der Waals surface area contributed by atoms with Gasteiger partial charge in [-0.05, 0) is 43.7 Å². The van der Waals surface area contributed by atoms with Crippen LogP contribution in [0.5, 0.6) is 11.5 Å². The van der Waals surface area contributed by atoms with Gasteiger partial charge in [-0.25, -0.2) is 12.8 Å². The SMILES string of the molecule is CCNC(=O)[C@H](C)N(Cc1ccc(F)cc1)C(=O)CN(c1ccc(OC)cc1OC)S(C)(=O)=O. The zero-order valence-electron chi connectivity index (χ0n) is 19.9. The van der Waals surface area contributed by atoms with Gasteiger partial charge in [-0.3, -0.25) is 13.9 Å². The van der Waals surface area contributed by atoms with E-state index in [-0.39, 0.29) is 18.0 Å². The predicted molar refractivity (Wildman–Crippen MR) is 127 cm³/mol. The summed E-state index contributed by atoms with van der Waals surface area (Å²) in [5.74, 6) is -0.812. The minimum absolute atomic E-state index is 0.0191. The highest BCUT2D eigenvalue weighted by molar-refractivity contribution is 7.92. The van der Waals surface area contributed by atoms with E-state index in [1.807, 2.05) is 0 Å². The fourth-order valence-corrected chi connectivity index (χ4v) is 4.13. The Labute approximate surface area is 199 Å². The summed E-state index contributed by atoms with van der Waals surface area (Å²) in [6, 6.07) is 9.13. The van der Waals surface area contributed by atoms with Crippen molar-refractivity contribution < 1.29 is 31.9 Å². The van der Waals surface area contributed by atoms with Crippen molar-refractivity contribution in [2.75, 3.05) is 37.9 Å². The zero-order valence-corrected chi connectivity index (χ0v) is 20.7. The summed E-state index contributed by atoms with van der Waals surface area (Å²) in [4.78, 5) is 27.2. The van der Waals surface area contributed by atoms with Crippen LogP contribution >= 0.6 is 0 Å². The molecule has 0 bridgehead atoms. The number of anilines is 1. The van der Waals surface area contributed by atoms with Gasteiger partial charge in [0.05, 0.1) is 26.2 Å². The molecule has 2 amide bonds. The molecule has 0 aliphatic rings. The van der Waals surface area contributed by atoms with Gasteiger partial charge in [0.25, 0.3) is 0 Å². The van der Waals surface area contributed by atoms with Crippen molar-refractivity contribution in [2.24, 2.45) is 0 Å². The van der Waals surface area contributed by atoms with Gasteiger partial charge in [0.2, 0.25) is 21.8 Å². The molecule has 0 radical (unpaired) electrons. The molecule has 2 aromatic rings. The van der Waals surface area contributed by atoms with E-state index in [1.54, 1.807) is 19.9 Å². The Morgan fingerprint density at radius 2 is 1.74 bits per heavy atom. The van der Waals surface area contributed by atoms with Crippen LogP contribution in [0.25, 0.3) is 0 Å². The molecule has 0 aliphatic heterocycles. The summed E-state index contributed by atoms with van der Waals surface area (Å²) in [5.41, 5.74) is 0.727. The van der Waals surface area contributed by atoms with E-state index in [0.717, 1.165) is 10.6 Å². The van der Waals surface area contributed by atoms with Crippen LogP contribution in [0.15, 0.2) is 42.5 Å². The van der Waals surface area contributed by atoms with Crippen LogP contribution in [0.3, 0.4) is 0 Å². The van der Waals surface area contributed by atoms with Gasteiger partial charge in [0.15, 0.2) is 0 Å². The normalized spacial score (nSPS) is 11.9. The van der Waals surface area contributed by atoms with E-state index in [1.165, 1.54) is 55.5 Å². The summed E-state index contributed by atoms with van der Waals surface area (Å²) < 4.78 is 50.1. The van der Waals surface area contributed by atoms with Crippen LogP contribution < -0.4 is 19.1 Å². The van der Waals surface area contributed by atoms with Crippen molar-refractivity contribution in [1.29, 1.82) is 0 Å². The first-order valence-electron chi connectivity index (χ1n) is 10.5. The molecule has 11 heteroatoms. The number of sulfonamides is 1. The lowest BCUT2D eigenvalue weighted by atomic mass is 10.1. The number of rotatable bonds is 11. The molecule has 186 valence electrons. The average molecular weight is 496 g/mol. The first-order valence-corrected chi connectivity index (χ1v) is 12.4. The largest absolute Gasteiger partial charge is 0.497 e. The lowest BCUT2D eigenvalue weighted by Gasteiger charge is -2.31. The van der Waals surface area contributed by atoms with Crippen molar-refractivity contribution in [3.05, 3.63) is 53.8 Å². The summed E-state index contributed by atoms with van der Waals surface area (Å²) in [6.07, 6.45) is 0.974. The van der Waals surface area contributed by atoms with Crippen LogP contribution in [-0.2, 0) is 26.2 Å². The number of hydrogen-bond donors (Lipinski definition) is 1. The molecule has 0 aliphatic carbocycles. The smallest absolute Gasteiger partial charge is 0.244 e. The number of carbonyl (C=O) groups is 2. The molecular weight excluding hydrogens is 465 g/mol. The minimum Gasteiger partial charge on any atom is -0.497 e. The molecule has 0 saturated carbocycles. The minimum atomic E-state index is -3.92. The molecule has 2 aromatic carbocycles.